The number of carbonyl (C=O) groups excluding carboxylic acids is 4. The summed E-state index contributed by atoms with van der Waals surface area (Å²) in [6.07, 6.45) is 9.27. The lowest BCUT2D eigenvalue weighted by Crippen LogP contribution is -2.09. The van der Waals surface area contributed by atoms with Gasteiger partial charge >= 0.3 is 23.9 Å². The second-order valence-corrected chi connectivity index (χ2v) is 10.2. The Labute approximate surface area is 290 Å². The fraction of sp³-hybridized carbons (Fsp3) is 0.205. The highest BCUT2D eigenvalue weighted by molar-refractivity contribution is 5.97. The summed E-state index contributed by atoms with van der Waals surface area (Å²) in [6.45, 7) is 15.6. The molecule has 0 amide bonds. The van der Waals surface area contributed by atoms with E-state index >= 15 is 0 Å². The predicted octanol–water partition coefficient (Wildman–Crippen LogP) is 6.95. The molecule has 0 bridgehead atoms. The number of ether oxygens (including phenoxy) is 6. The molecule has 50 heavy (non-hydrogen) atoms. The molecule has 0 spiro atoms. The highest BCUT2D eigenvalue weighted by atomic mass is 16.5. The van der Waals surface area contributed by atoms with Gasteiger partial charge < -0.3 is 28.4 Å². The van der Waals surface area contributed by atoms with Crippen LogP contribution in [-0.4, -0.2) is 50.3 Å². The van der Waals surface area contributed by atoms with Crippen LogP contribution in [0.4, 0.5) is 0 Å². The third kappa shape index (κ3) is 14.6. The quantitative estimate of drug-likeness (QED) is 0.0407. The fourth-order valence-electron chi connectivity index (χ4n) is 3.93. The van der Waals surface area contributed by atoms with Crippen molar-refractivity contribution in [1.29, 1.82) is 0 Å². The molecule has 0 aliphatic rings. The van der Waals surface area contributed by atoms with E-state index in [4.69, 9.17) is 35.0 Å². The molecule has 3 rings (SSSR count). The average molecular weight is 680 g/mol. The van der Waals surface area contributed by atoms with Gasteiger partial charge in [-0.1, -0.05) is 37.4 Å². The minimum absolute atomic E-state index is 0.168. The van der Waals surface area contributed by atoms with Crippen molar-refractivity contribution in [2.24, 2.45) is 0 Å². The summed E-state index contributed by atoms with van der Waals surface area (Å²) >= 11 is 0. The molecule has 0 saturated carbocycles. The van der Waals surface area contributed by atoms with E-state index in [2.05, 4.69) is 18.0 Å². The first kappa shape index (κ1) is 38.0. The summed E-state index contributed by atoms with van der Waals surface area (Å²) in [5.74, 6) is -0.655. The van der Waals surface area contributed by atoms with Crippen LogP contribution >= 0.6 is 0 Å². The molecular weight excluding hydrogens is 642 g/mol. The molecule has 0 fully saturated rings. The van der Waals surface area contributed by atoms with Gasteiger partial charge in [0.25, 0.3) is 5.70 Å². The fourth-order valence-corrected chi connectivity index (χ4v) is 3.93. The molecule has 0 heterocycles. The van der Waals surface area contributed by atoms with Crippen LogP contribution in [-0.2, 0) is 28.7 Å². The topological polar surface area (TPSA) is 128 Å². The highest BCUT2D eigenvalue weighted by Crippen LogP contribution is 2.21. The van der Waals surface area contributed by atoms with E-state index in [0.717, 1.165) is 24.1 Å². The number of carbonyl (C=O) groups is 4. The van der Waals surface area contributed by atoms with E-state index in [-0.39, 0.29) is 17.2 Å². The molecule has 3 aromatic carbocycles. The van der Waals surface area contributed by atoms with Gasteiger partial charge in [0.1, 0.15) is 23.0 Å². The normalized spacial score (nSPS) is 10.7. The van der Waals surface area contributed by atoms with Gasteiger partial charge in [-0.3, -0.25) is 4.79 Å². The number of benzene rings is 3. The summed E-state index contributed by atoms with van der Waals surface area (Å²) < 4.78 is 31.8. The molecule has 0 atom stereocenters. The summed E-state index contributed by atoms with van der Waals surface area (Å²) in [5.41, 5.74) is 1.14. The van der Waals surface area contributed by atoms with E-state index in [9.17, 15) is 19.2 Å². The van der Waals surface area contributed by atoms with Gasteiger partial charge in [-0.15, -0.1) is 0 Å². The Bertz CT molecular complexity index is 1700. The molecule has 0 N–H and O–H groups in total. The van der Waals surface area contributed by atoms with Gasteiger partial charge in [0.15, 0.2) is 0 Å². The van der Waals surface area contributed by atoms with Crippen LogP contribution in [0.25, 0.3) is 17.0 Å². The Hall–Kier alpha value is -6.41. The monoisotopic (exact) mass is 679 g/mol. The van der Waals surface area contributed by atoms with Crippen molar-refractivity contribution in [3.8, 4) is 23.0 Å². The van der Waals surface area contributed by atoms with Crippen molar-refractivity contribution in [2.75, 3.05) is 26.4 Å². The lowest BCUT2D eigenvalue weighted by atomic mass is 10.2. The van der Waals surface area contributed by atoms with E-state index in [1.54, 1.807) is 54.6 Å². The third-order valence-electron chi connectivity index (χ3n) is 6.49. The molecule has 0 aromatic heterocycles. The Morgan fingerprint density at radius 3 is 1.50 bits per heavy atom. The zero-order valence-electron chi connectivity index (χ0n) is 27.4. The Morgan fingerprint density at radius 1 is 0.580 bits per heavy atom. The molecule has 0 aliphatic carbocycles. The predicted molar refractivity (Wildman–Crippen MR) is 186 cm³/mol. The zero-order chi connectivity index (χ0) is 36.0. The van der Waals surface area contributed by atoms with Crippen LogP contribution < -0.4 is 18.9 Å². The number of hydrogen-bond acceptors (Lipinski definition) is 10. The van der Waals surface area contributed by atoms with Crippen molar-refractivity contribution >= 4 is 36.0 Å². The van der Waals surface area contributed by atoms with Crippen molar-refractivity contribution in [2.45, 2.75) is 25.7 Å². The van der Waals surface area contributed by atoms with E-state index in [1.807, 2.05) is 0 Å². The molecule has 0 aliphatic heterocycles. The van der Waals surface area contributed by atoms with Crippen molar-refractivity contribution < 1.29 is 47.6 Å². The molecule has 11 heteroatoms. The summed E-state index contributed by atoms with van der Waals surface area (Å²) in [7, 11) is 0. The molecule has 11 nitrogen and oxygen atoms in total. The maximum Gasteiger partial charge on any atom is 0.341 e. The van der Waals surface area contributed by atoms with Gasteiger partial charge in [0.05, 0.1) is 33.0 Å². The first-order chi connectivity index (χ1) is 24.3. The van der Waals surface area contributed by atoms with Crippen LogP contribution in [0.1, 0.15) is 36.8 Å². The number of esters is 4. The van der Waals surface area contributed by atoms with Crippen LogP contribution in [0, 0.1) is 6.57 Å². The zero-order valence-corrected chi connectivity index (χ0v) is 27.4. The Kier molecular flexibility index (Phi) is 16.3. The maximum absolute atomic E-state index is 12.6. The smallest absolute Gasteiger partial charge is 0.341 e. The van der Waals surface area contributed by atoms with Crippen LogP contribution in [0.2, 0.25) is 0 Å². The van der Waals surface area contributed by atoms with E-state index in [1.165, 1.54) is 36.4 Å². The number of nitrogens with zero attached hydrogens (tertiary/aromatic N) is 1. The largest absolute Gasteiger partial charge is 0.494 e. The third-order valence-corrected chi connectivity index (χ3v) is 6.49. The van der Waals surface area contributed by atoms with Gasteiger partial charge in [-0.05, 0) is 97.5 Å². The Balaban J connectivity index is 1.40. The van der Waals surface area contributed by atoms with Crippen LogP contribution in [0.3, 0.4) is 0 Å². The SMILES string of the molecule is [C-]#[N+]/C(=C\c1ccc(OCCCCOC(=O)C=C)cc1)C(=O)Oc1ccc(OC(=O)/C=C/c2ccc(OCCCCOC(=O)C=C)cc2)cc1. The summed E-state index contributed by atoms with van der Waals surface area (Å²) in [5, 5.41) is 0. The molecule has 258 valence electrons. The number of unbranched alkanes of at least 4 members (excludes halogenated alkanes) is 2. The molecule has 3 aromatic rings. The number of rotatable bonds is 20. The average Bonchev–Trinajstić information content (AvgIpc) is 3.14. The number of hydrogen-bond donors (Lipinski definition) is 0. The highest BCUT2D eigenvalue weighted by Gasteiger charge is 2.13. The van der Waals surface area contributed by atoms with Gasteiger partial charge in [0.2, 0.25) is 0 Å². The maximum atomic E-state index is 12.6. The first-order valence-corrected chi connectivity index (χ1v) is 15.6. The summed E-state index contributed by atoms with van der Waals surface area (Å²) in [4.78, 5) is 50.3. The molecule has 0 radical (unpaired) electrons. The second kappa shape index (κ2) is 21.5. The summed E-state index contributed by atoms with van der Waals surface area (Å²) in [6, 6.07) is 19.8. The minimum Gasteiger partial charge on any atom is -0.494 e. The van der Waals surface area contributed by atoms with E-state index in [0.29, 0.717) is 62.8 Å². The Morgan fingerprint density at radius 2 is 1.02 bits per heavy atom. The standard InChI is InChI=1S/C39H37NO10/c1-4-36(41)47-26-8-6-24-45-31-15-10-29(11-16-31)14-23-38(43)49-33-19-21-34(22-20-33)50-39(44)35(40-3)28-30-12-17-32(18-13-30)46-25-7-9-27-48-37(42)5-2/h4-5,10-23,28H,1-2,6-9,24-27H2/b23-14+,35-28-. The van der Waals surface area contributed by atoms with Gasteiger partial charge in [-0.25, -0.2) is 19.2 Å². The lowest BCUT2D eigenvalue weighted by molar-refractivity contribution is -0.138. The molecule has 0 unspecified atom stereocenters. The van der Waals surface area contributed by atoms with Crippen molar-refractivity contribution in [3.63, 3.8) is 0 Å². The molecule has 0 saturated heterocycles. The van der Waals surface area contributed by atoms with Crippen molar-refractivity contribution in [3.05, 3.63) is 132 Å². The van der Waals surface area contributed by atoms with Gasteiger partial charge in [0, 0.05) is 18.2 Å². The first-order valence-electron chi connectivity index (χ1n) is 15.6. The molecular formula is C39H37NO10. The van der Waals surface area contributed by atoms with Crippen LogP contribution in [0.5, 0.6) is 23.0 Å². The lowest BCUT2D eigenvalue weighted by Gasteiger charge is -2.07. The van der Waals surface area contributed by atoms with Crippen LogP contribution in [0.15, 0.2) is 110 Å². The second-order valence-electron chi connectivity index (χ2n) is 10.2. The minimum atomic E-state index is -0.840. The van der Waals surface area contributed by atoms with Gasteiger partial charge in [-0.2, -0.15) is 0 Å². The van der Waals surface area contributed by atoms with Crippen molar-refractivity contribution in [1.82, 2.24) is 0 Å². The van der Waals surface area contributed by atoms with E-state index < -0.39 is 23.9 Å².